The number of thioether (sulfide) groups is 1. The fourth-order valence-electron chi connectivity index (χ4n) is 0.875. The van der Waals surface area contributed by atoms with E-state index < -0.39 is 0 Å². The molecule has 1 rings (SSSR count). The number of hydrogen-bond acceptors (Lipinski definition) is 4. The lowest BCUT2D eigenvalue weighted by Crippen LogP contribution is -2.23. The zero-order chi connectivity index (χ0) is 15.5. The number of thiol groups is 1. The van der Waals surface area contributed by atoms with E-state index in [4.69, 9.17) is 34.8 Å². The summed E-state index contributed by atoms with van der Waals surface area (Å²) in [6.07, 6.45) is 0. The number of anilines is 1. The van der Waals surface area contributed by atoms with Crippen LogP contribution in [0.5, 0.6) is 0 Å². The van der Waals surface area contributed by atoms with Crippen molar-refractivity contribution in [3.05, 3.63) is 30.3 Å². The molecule has 108 valence electrons. The molecule has 0 fully saturated rings. The van der Waals surface area contributed by atoms with Crippen LogP contribution in [0.2, 0.25) is 0 Å². The van der Waals surface area contributed by atoms with Gasteiger partial charge in [-0.3, -0.25) is 5.41 Å². The van der Waals surface area contributed by atoms with Gasteiger partial charge in [-0.1, -0.05) is 42.6 Å². The van der Waals surface area contributed by atoms with E-state index in [1.54, 1.807) is 0 Å². The Balaban J connectivity index is 0.000000441. The Hall–Kier alpha value is -1.36. The fraction of sp³-hybridized carbons (Fsp3) is 0. The maximum Gasteiger partial charge on any atom is 0.192 e. The third kappa shape index (κ3) is 11.7. The molecule has 0 bridgehead atoms. The third-order valence-electron chi connectivity index (χ3n) is 1.45. The first-order valence-electron chi connectivity index (χ1n) is 5.01. The summed E-state index contributed by atoms with van der Waals surface area (Å²) in [5, 5.41) is 9.94. The molecule has 0 saturated carbocycles. The Kier molecular flexibility index (Phi) is 9.72. The number of thiocarbonyl (C=S) groups is 2. The minimum absolute atomic E-state index is 0.00608. The maximum absolute atomic E-state index is 7.00. The summed E-state index contributed by atoms with van der Waals surface area (Å²) < 4.78 is 0.638. The van der Waals surface area contributed by atoms with Gasteiger partial charge in [-0.05, 0) is 23.9 Å². The number of amidine groups is 1. The van der Waals surface area contributed by atoms with Crippen LogP contribution in [0.4, 0.5) is 5.69 Å². The molecule has 0 spiro atoms. The molecule has 0 aromatic heterocycles. The summed E-state index contributed by atoms with van der Waals surface area (Å²) >= 11 is 14.0. The van der Waals surface area contributed by atoms with Gasteiger partial charge in [0.25, 0.3) is 0 Å². The molecule has 8 N–H and O–H groups in total. The molecule has 0 radical (unpaired) electrons. The van der Waals surface area contributed by atoms with E-state index in [9.17, 15) is 0 Å². The van der Waals surface area contributed by atoms with E-state index in [1.807, 2.05) is 30.3 Å². The molecule has 0 heterocycles. The number of rotatable bonds is 1. The minimum Gasteiger partial charge on any atom is -0.378 e. The predicted molar refractivity (Wildman–Crippen MR) is 99.6 cm³/mol. The number of hydrogen-bond donors (Lipinski definition) is 6. The van der Waals surface area contributed by atoms with E-state index in [-0.39, 0.29) is 15.4 Å². The van der Waals surface area contributed by atoms with Gasteiger partial charge in [-0.2, -0.15) is 4.99 Å². The zero-order valence-electron chi connectivity index (χ0n) is 10.2. The summed E-state index contributed by atoms with van der Waals surface area (Å²) in [6.45, 7) is 0. The zero-order valence-corrected chi connectivity index (χ0v) is 13.6. The Labute approximate surface area is 137 Å². The first kappa shape index (κ1) is 18.6. The van der Waals surface area contributed by atoms with Gasteiger partial charge in [0.15, 0.2) is 15.4 Å². The van der Waals surface area contributed by atoms with Gasteiger partial charge >= 0.3 is 0 Å². The largest absolute Gasteiger partial charge is 0.378 e. The highest BCUT2D eigenvalue weighted by Crippen LogP contribution is 2.10. The van der Waals surface area contributed by atoms with E-state index in [0.29, 0.717) is 4.32 Å². The van der Waals surface area contributed by atoms with Crippen LogP contribution >= 0.6 is 48.8 Å². The highest BCUT2D eigenvalue weighted by molar-refractivity contribution is 8.33. The molecule has 0 aliphatic rings. The number of nitrogens with two attached hydrogens (primary N) is 3. The van der Waals surface area contributed by atoms with Crippen molar-refractivity contribution in [2.75, 3.05) is 5.32 Å². The van der Waals surface area contributed by atoms with Gasteiger partial charge in [-0.25, -0.2) is 0 Å². The lowest BCUT2D eigenvalue weighted by atomic mass is 10.3. The molecule has 0 aliphatic heterocycles. The number of nitrogens with one attached hydrogen (secondary N) is 2. The summed E-state index contributed by atoms with van der Waals surface area (Å²) in [5.74, 6) is -0.0556. The predicted octanol–water partition coefficient (Wildman–Crippen LogP) is 1.48. The molecule has 0 saturated heterocycles. The topological polar surface area (TPSA) is 126 Å². The molecule has 6 nitrogen and oxygen atoms in total. The molecule has 1 aromatic rings. The maximum atomic E-state index is 7.00. The second kappa shape index (κ2) is 10.4. The molecule has 0 aliphatic carbocycles. The fourth-order valence-corrected chi connectivity index (χ4v) is 1.85. The second-order valence-electron chi connectivity index (χ2n) is 3.06. The van der Waals surface area contributed by atoms with Crippen LogP contribution in [0, 0.1) is 5.41 Å². The van der Waals surface area contributed by atoms with Gasteiger partial charge in [-0.15, -0.1) is 12.6 Å². The smallest absolute Gasteiger partial charge is 0.192 e. The van der Waals surface area contributed by atoms with Crippen LogP contribution in [-0.4, -0.2) is 19.8 Å². The van der Waals surface area contributed by atoms with Crippen LogP contribution in [0.25, 0.3) is 0 Å². The van der Waals surface area contributed by atoms with Gasteiger partial charge in [0, 0.05) is 5.69 Å². The molecule has 20 heavy (non-hydrogen) atoms. The standard InChI is InChI=1S/C8H9N3S2.C2H5N3S2/c9-7(10)13-8(12)11-6-4-2-1-3-5-6;3-1(4)5-2(6)7/h1-5H,(H3,9,10)(H,11,12);(H5,3,4,5,6,7). The Morgan fingerprint density at radius 3 is 2.10 bits per heavy atom. The average Bonchev–Trinajstić information content (AvgIpc) is 2.27. The molecule has 0 atom stereocenters. The van der Waals surface area contributed by atoms with Crippen molar-refractivity contribution in [2.24, 2.45) is 22.2 Å². The first-order chi connectivity index (χ1) is 9.31. The van der Waals surface area contributed by atoms with Crippen LogP contribution in [0.3, 0.4) is 0 Å². The van der Waals surface area contributed by atoms with Crippen LogP contribution < -0.4 is 22.5 Å². The lowest BCUT2D eigenvalue weighted by Gasteiger charge is -2.04. The van der Waals surface area contributed by atoms with Crippen LogP contribution in [-0.2, 0) is 0 Å². The summed E-state index contributed by atoms with van der Waals surface area (Å²) in [5.41, 5.74) is 15.8. The normalized spacial score (nSPS) is 8.65. The number of benzene rings is 1. The quantitative estimate of drug-likeness (QED) is 0.197. The number of para-hydroxylation sites is 1. The van der Waals surface area contributed by atoms with Gasteiger partial charge in [0.1, 0.15) is 4.32 Å². The molecule has 10 heteroatoms. The van der Waals surface area contributed by atoms with Crippen LogP contribution in [0.1, 0.15) is 0 Å². The molecule has 1 aromatic carbocycles. The van der Waals surface area contributed by atoms with E-state index in [1.165, 1.54) is 0 Å². The minimum atomic E-state index is -0.0556. The Morgan fingerprint density at radius 1 is 1.20 bits per heavy atom. The third-order valence-corrected chi connectivity index (χ3v) is 2.50. The lowest BCUT2D eigenvalue weighted by molar-refractivity contribution is 1.51. The monoisotopic (exact) mass is 346 g/mol. The second-order valence-corrected chi connectivity index (χ2v) is 5.90. The van der Waals surface area contributed by atoms with Crippen molar-refractivity contribution in [1.82, 2.24) is 0 Å². The van der Waals surface area contributed by atoms with Crippen molar-refractivity contribution in [3.8, 4) is 0 Å². The van der Waals surface area contributed by atoms with Crippen molar-refractivity contribution in [1.29, 1.82) is 5.41 Å². The SMILES string of the molecule is N=C(N)SC(=S)Nc1ccccc1.NC(N)=NC(=S)S. The van der Waals surface area contributed by atoms with E-state index in [2.05, 4.69) is 35.2 Å². The van der Waals surface area contributed by atoms with Crippen molar-refractivity contribution >= 4 is 74.3 Å². The van der Waals surface area contributed by atoms with Crippen molar-refractivity contribution < 1.29 is 0 Å². The Morgan fingerprint density at radius 2 is 1.75 bits per heavy atom. The highest BCUT2D eigenvalue weighted by atomic mass is 32.2. The molecular formula is C10H14N6S4. The molecule has 0 unspecified atom stereocenters. The number of aliphatic imine (C=N–C) groups is 1. The molecule has 0 amide bonds. The average molecular weight is 347 g/mol. The summed E-state index contributed by atoms with van der Waals surface area (Å²) in [4.78, 5) is 3.35. The molecular weight excluding hydrogens is 332 g/mol. The first-order valence-corrected chi connectivity index (χ1v) is 7.09. The van der Waals surface area contributed by atoms with Gasteiger partial charge in [0.05, 0.1) is 0 Å². The van der Waals surface area contributed by atoms with Gasteiger partial charge in [0.2, 0.25) is 0 Å². The van der Waals surface area contributed by atoms with Crippen molar-refractivity contribution in [3.63, 3.8) is 0 Å². The van der Waals surface area contributed by atoms with Crippen LogP contribution in [0.15, 0.2) is 35.3 Å². The highest BCUT2D eigenvalue weighted by Gasteiger charge is 1.99. The van der Waals surface area contributed by atoms with E-state index in [0.717, 1.165) is 17.4 Å². The number of nitrogens with zero attached hydrogens (tertiary/aromatic N) is 1. The Bertz CT molecular complexity index is 498. The summed E-state index contributed by atoms with van der Waals surface area (Å²) in [7, 11) is 0. The van der Waals surface area contributed by atoms with Crippen molar-refractivity contribution in [2.45, 2.75) is 0 Å². The number of guanidine groups is 1. The van der Waals surface area contributed by atoms with Gasteiger partial charge < -0.3 is 22.5 Å². The summed E-state index contributed by atoms with van der Waals surface area (Å²) in [6, 6.07) is 9.53. The van der Waals surface area contributed by atoms with E-state index >= 15 is 0 Å².